The molecule has 34 heavy (non-hydrogen) atoms. The van der Waals surface area contributed by atoms with Crippen molar-refractivity contribution in [2.45, 2.75) is 51.5 Å². The Bertz CT molecular complexity index is 1160. The molecule has 1 aliphatic heterocycles. The van der Waals surface area contributed by atoms with Crippen molar-refractivity contribution in [3.05, 3.63) is 52.3 Å². The summed E-state index contributed by atoms with van der Waals surface area (Å²) in [5.41, 5.74) is 4.67. The highest BCUT2D eigenvalue weighted by molar-refractivity contribution is 8.93. The van der Waals surface area contributed by atoms with Crippen molar-refractivity contribution in [1.29, 1.82) is 10.7 Å². The topological polar surface area (TPSA) is 93.3 Å². The van der Waals surface area contributed by atoms with Gasteiger partial charge in [-0.05, 0) is 36.5 Å². The number of aromatic nitrogens is 1. The molecule has 2 aliphatic rings. The second-order valence-corrected chi connectivity index (χ2v) is 9.99. The third-order valence-electron chi connectivity index (χ3n) is 6.35. The number of amidine groups is 1. The van der Waals surface area contributed by atoms with E-state index >= 15 is 0 Å². The Morgan fingerprint density at radius 1 is 1.32 bits per heavy atom. The van der Waals surface area contributed by atoms with Crippen molar-refractivity contribution in [3.63, 3.8) is 0 Å². The normalized spacial score (nSPS) is 14.8. The highest BCUT2D eigenvalue weighted by Crippen LogP contribution is 2.41. The SMILES string of the molecule is Br.COc1c(N(C)CC#N)cc(C(=O)CN2Cc3ccc(C4CC4)nc3C2=N)cc1C(C)(C)C. The average Bonchev–Trinajstić information content (AvgIpc) is 3.58. The van der Waals surface area contributed by atoms with Crippen molar-refractivity contribution >= 4 is 34.3 Å². The van der Waals surface area contributed by atoms with Crippen molar-refractivity contribution < 1.29 is 9.53 Å². The molecule has 0 saturated heterocycles. The van der Waals surface area contributed by atoms with Crippen LogP contribution in [0.15, 0.2) is 24.3 Å². The molecule has 4 rings (SSSR count). The van der Waals surface area contributed by atoms with Gasteiger partial charge >= 0.3 is 0 Å². The standard InChI is InChI=1S/C26H31N5O2.BrH/c1-26(2,3)19-12-18(13-21(24(19)33-5)30(4)11-10-27)22(32)15-31-14-17-8-9-20(16-6-7-16)29-23(17)25(31)28;/h8-9,12-13,16,28H,6-7,11,14-15H2,1-5H3;1H. The number of Topliss-reactive ketones (excluding diaryl/α,β-unsaturated/α-hetero) is 1. The highest BCUT2D eigenvalue weighted by Gasteiger charge is 2.32. The molecule has 0 atom stereocenters. The van der Waals surface area contributed by atoms with Crippen LogP contribution in [0.1, 0.15) is 72.4 Å². The molecule has 0 unspecified atom stereocenters. The number of hydrogen-bond donors (Lipinski definition) is 1. The Morgan fingerprint density at radius 2 is 2.03 bits per heavy atom. The van der Waals surface area contributed by atoms with Crippen molar-refractivity contribution in [1.82, 2.24) is 9.88 Å². The molecular weight excluding hydrogens is 494 g/mol. The van der Waals surface area contributed by atoms with Gasteiger partial charge in [0, 0.05) is 41.9 Å². The summed E-state index contributed by atoms with van der Waals surface area (Å²) >= 11 is 0. The lowest BCUT2D eigenvalue weighted by Gasteiger charge is -2.28. The van der Waals surface area contributed by atoms with Crippen LogP contribution in [-0.4, -0.2) is 48.7 Å². The van der Waals surface area contributed by atoms with Crippen LogP contribution < -0.4 is 9.64 Å². The molecule has 1 aromatic heterocycles. The van der Waals surface area contributed by atoms with E-state index in [0.717, 1.165) is 29.7 Å². The zero-order valence-corrected chi connectivity index (χ0v) is 22.1. The molecule has 0 radical (unpaired) electrons. The minimum atomic E-state index is -0.260. The number of carbonyl (C=O) groups is 1. The molecule has 8 heteroatoms. The smallest absolute Gasteiger partial charge is 0.182 e. The number of halogens is 1. The summed E-state index contributed by atoms with van der Waals surface area (Å²) in [6.07, 6.45) is 2.33. The first kappa shape index (κ1) is 25.7. The van der Waals surface area contributed by atoms with E-state index in [0.29, 0.717) is 41.0 Å². The average molecular weight is 526 g/mol. The maximum atomic E-state index is 13.4. The first-order valence-corrected chi connectivity index (χ1v) is 11.3. The molecule has 0 spiro atoms. The molecule has 180 valence electrons. The van der Waals surface area contributed by atoms with E-state index in [1.807, 2.05) is 13.1 Å². The second kappa shape index (κ2) is 9.75. The van der Waals surface area contributed by atoms with Crippen LogP contribution in [0.5, 0.6) is 5.75 Å². The third kappa shape index (κ3) is 4.95. The van der Waals surface area contributed by atoms with Crippen molar-refractivity contribution in [3.8, 4) is 11.8 Å². The fourth-order valence-electron chi connectivity index (χ4n) is 4.30. The van der Waals surface area contributed by atoms with E-state index in [4.69, 9.17) is 15.1 Å². The lowest BCUT2D eigenvalue weighted by molar-refractivity contribution is 0.0962. The van der Waals surface area contributed by atoms with Gasteiger partial charge in [-0.3, -0.25) is 10.2 Å². The Morgan fingerprint density at radius 3 is 2.62 bits per heavy atom. The number of nitriles is 1. The summed E-state index contributed by atoms with van der Waals surface area (Å²) in [5.74, 6) is 1.44. The van der Waals surface area contributed by atoms with E-state index in [1.54, 1.807) is 23.0 Å². The van der Waals surface area contributed by atoms with E-state index in [1.165, 1.54) is 0 Å². The Hall–Kier alpha value is -2.92. The van der Waals surface area contributed by atoms with E-state index in [2.05, 4.69) is 39.0 Å². The van der Waals surface area contributed by atoms with Gasteiger partial charge in [-0.15, -0.1) is 17.0 Å². The summed E-state index contributed by atoms with van der Waals surface area (Å²) in [6.45, 7) is 7.01. The van der Waals surface area contributed by atoms with Gasteiger partial charge < -0.3 is 14.5 Å². The summed E-state index contributed by atoms with van der Waals surface area (Å²) in [5, 5.41) is 17.8. The summed E-state index contributed by atoms with van der Waals surface area (Å²) < 4.78 is 5.72. The molecule has 1 saturated carbocycles. The van der Waals surface area contributed by atoms with Crippen LogP contribution in [-0.2, 0) is 12.0 Å². The molecule has 0 bridgehead atoms. The number of carbonyl (C=O) groups excluding carboxylic acids is 1. The van der Waals surface area contributed by atoms with Gasteiger partial charge in [-0.1, -0.05) is 26.8 Å². The third-order valence-corrected chi connectivity index (χ3v) is 6.35. The number of fused-ring (bicyclic) bond motifs is 1. The number of methoxy groups -OCH3 is 1. The molecule has 1 fully saturated rings. The number of nitrogens with zero attached hydrogens (tertiary/aromatic N) is 4. The second-order valence-electron chi connectivity index (χ2n) is 9.99. The zero-order valence-electron chi connectivity index (χ0n) is 20.4. The van der Waals surface area contributed by atoms with Crippen LogP contribution >= 0.6 is 17.0 Å². The highest BCUT2D eigenvalue weighted by atomic mass is 79.9. The predicted molar refractivity (Wildman–Crippen MR) is 139 cm³/mol. The Balaban J connectivity index is 0.00000324. The largest absolute Gasteiger partial charge is 0.494 e. The van der Waals surface area contributed by atoms with E-state index in [9.17, 15) is 10.1 Å². The first-order valence-electron chi connectivity index (χ1n) is 11.3. The number of hydrogen-bond acceptors (Lipinski definition) is 6. The van der Waals surface area contributed by atoms with Gasteiger partial charge in [0.15, 0.2) is 5.78 Å². The Labute approximate surface area is 212 Å². The molecule has 1 aliphatic carbocycles. The van der Waals surface area contributed by atoms with Gasteiger partial charge in [0.25, 0.3) is 0 Å². The van der Waals surface area contributed by atoms with Crippen molar-refractivity contribution in [2.75, 3.05) is 32.1 Å². The van der Waals surface area contributed by atoms with Gasteiger partial charge in [-0.2, -0.15) is 5.26 Å². The van der Waals surface area contributed by atoms with Gasteiger partial charge in [0.05, 0.1) is 25.4 Å². The molecule has 7 nitrogen and oxygen atoms in total. The quantitative estimate of drug-likeness (QED) is 0.411. The van der Waals surface area contributed by atoms with Crippen LogP contribution in [0, 0.1) is 16.7 Å². The number of nitrogens with one attached hydrogen (secondary N) is 1. The molecule has 0 amide bonds. The number of ether oxygens (including phenoxy) is 1. The minimum Gasteiger partial charge on any atom is -0.494 e. The lowest BCUT2D eigenvalue weighted by Crippen LogP contribution is -2.31. The molecule has 2 aromatic rings. The number of pyridine rings is 1. The van der Waals surface area contributed by atoms with Crippen LogP contribution in [0.25, 0.3) is 0 Å². The molecule has 1 N–H and O–H groups in total. The van der Waals surface area contributed by atoms with Crippen LogP contribution in [0.3, 0.4) is 0 Å². The number of anilines is 1. The van der Waals surface area contributed by atoms with E-state index < -0.39 is 0 Å². The van der Waals surface area contributed by atoms with Gasteiger partial charge in [-0.25, -0.2) is 4.98 Å². The summed E-state index contributed by atoms with van der Waals surface area (Å²) in [7, 11) is 3.43. The maximum absolute atomic E-state index is 13.4. The van der Waals surface area contributed by atoms with E-state index in [-0.39, 0.29) is 41.3 Å². The fourth-order valence-corrected chi connectivity index (χ4v) is 4.30. The number of rotatable bonds is 7. The van der Waals surface area contributed by atoms with Gasteiger partial charge in [0.2, 0.25) is 0 Å². The van der Waals surface area contributed by atoms with Crippen molar-refractivity contribution in [2.24, 2.45) is 0 Å². The summed E-state index contributed by atoms with van der Waals surface area (Å²) in [6, 6.07) is 9.96. The monoisotopic (exact) mass is 525 g/mol. The molecule has 2 heterocycles. The minimum absolute atomic E-state index is 0. The zero-order chi connectivity index (χ0) is 23.9. The predicted octanol–water partition coefficient (Wildman–Crippen LogP) is 4.83. The lowest BCUT2D eigenvalue weighted by atomic mass is 9.84. The Kier molecular flexibility index (Phi) is 7.37. The molecule has 1 aromatic carbocycles. The number of ketones is 1. The molecular formula is C26H32BrN5O2. The van der Waals surface area contributed by atoms with Crippen LogP contribution in [0.4, 0.5) is 5.69 Å². The maximum Gasteiger partial charge on any atom is 0.182 e. The van der Waals surface area contributed by atoms with Gasteiger partial charge in [0.1, 0.15) is 23.8 Å². The first-order chi connectivity index (χ1) is 15.6. The number of benzene rings is 1. The van der Waals surface area contributed by atoms with Crippen LogP contribution in [0.2, 0.25) is 0 Å². The summed E-state index contributed by atoms with van der Waals surface area (Å²) in [4.78, 5) is 21.7. The fraction of sp³-hybridized carbons (Fsp3) is 0.462.